The molecule has 1 fully saturated rings. The smallest absolute Gasteiger partial charge is 0.119 e. The van der Waals surface area contributed by atoms with E-state index in [2.05, 4.69) is 18.7 Å². The fraction of sp³-hybridized carbons (Fsp3) is 0.625. The average Bonchev–Trinajstić information content (AvgIpc) is 2.47. The lowest BCUT2D eigenvalue weighted by molar-refractivity contribution is -0.0961. The fourth-order valence-corrected chi connectivity index (χ4v) is 2.53. The van der Waals surface area contributed by atoms with Crippen LogP contribution in [-0.4, -0.2) is 48.5 Å². The van der Waals surface area contributed by atoms with Crippen molar-refractivity contribution in [1.82, 2.24) is 4.90 Å². The molecule has 2 atom stereocenters. The molecule has 4 nitrogen and oxygen atoms in total. The maximum absolute atomic E-state index is 10.5. The van der Waals surface area contributed by atoms with Crippen molar-refractivity contribution in [2.75, 3.05) is 26.3 Å². The Kier molecular flexibility index (Phi) is 5.40. The van der Waals surface area contributed by atoms with Gasteiger partial charge in [-0.15, -0.1) is 0 Å². The second-order valence-corrected chi connectivity index (χ2v) is 5.45. The second kappa shape index (κ2) is 7.07. The molecular formula is C16H25NO3. The number of aliphatic hydroxyl groups is 1. The highest BCUT2D eigenvalue weighted by molar-refractivity contribution is 5.30. The Balaban J connectivity index is 2.06. The van der Waals surface area contributed by atoms with Crippen molar-refractivity contribution < 1.29 is 14.6 Å². The first kappa shape index (κ1) is 15.3. The van der Waals surface area contributed by atoms with E-state index in [4.69, 9.17) is 9.47 Å². The Morgan fingerprint density at radius 1 is 1.45 bits per heavy atom. The zero-order valence-corrected chi connectivity index (χ0v) is 12.6. The van der Waals surface area contributed by atoms with Crippen molar-refractivity contribution in [3.05, 3.63) is 29.8 Å². The molecule has 1 heterocycles. The van der Waals surface area contributed by atoms with Gasteiger partial charge in [0.1, 0.15) is 18.0 Å². The Labute approximate surface area is 121 Å². The third kappa shape index (κ3) is 3.72. The Morgan fingerprint density at radius 3 is 2.95 bits per heavy atom. The van der Waals surface area contributed by atoms with Gasteiger partial charge < -0.3 is 14.6 Å². The summed E-state index contributed by atoms with van der Waals surface area (Å²) in [4.78, 5) is 2.34. The molecule has 0 bridgehead atoms. The number of ether oxygens (including phenoxy) is 2. The largest absolute Gasteiger partial charge is 0.494 e. The number of morpholine rings is 1. The normalized spacial score (nSPS) is 21.9. The number of rotatable bonds is 5. The minimum Gasteiger partial charge on any atom is -0.494 e. The van der Waals surface area contributed by atoms with E-state index in [1.807, 2.05) is 31.2 Å². The molecule has 0 aromatic heterocycles. The van der Waals surface area contributed by atoms with Crippen molar-refractivity contribution >= 4 is 0 Å². The van der Waals surface area contributed by atoms with Gasteiger partial charge in [0, 0.05) is 19.1 Å². The molecule has 0 spiro atoms. The predicted octanol–water partition coefficient (Wildman–Crippen LogP) is 2.23. The molecule has 1 aromatic carbocycles. The molecule has 1 saturated heterocycles. The first-order valence-corrected chi connectivity index (χ1v) is 7.38. The maximum atomic E-state index is 10.5. The standard InChI is InChI=1S/C16H25NO3/c1-4-19-14-7-5-6-13(10-14)16(18)15-11-17(12(2)3)8-9-20-15/h5-7,10,12,15-16,18H,4,8-9,11H2,1-3H3. The quantitative estimate of drug-likeness (QED) is 0.897. The van der Waals surface area contributed by atoms with Crippen LogP contribution in [0.15, 0.2) is 24.3 Å². The molecule has 0 amide bonds. The van der Waals surface area contributed by atoms with E-state index in [-0.39, 0.29) is 6.10 Å². The van der Waals surface area contributed by atoms with Crippen LogP contribution in [0.1, 0.15) is 32.4 Å². The van der Waals surface area contributed by atoms with Crippen molar-refractivity contribution in [3.8, 4) is 5.75 Å². The SMILES string of the molecule is CCOc1cccc(C(O)C2CN(C(C)C)CCO2)c1. The van der Waals surface area contributed by atoms with Gasteiger partial charge in [0.2, 0.25) is 0 Å². The van der Waals surface area contributed by atoms with Crippen LogP contribution in [-0.2, 0) is 4.74 Å². The number of benzene rings is 1. The summed E-state index contributed by atoms with van der Waals surface area (Å²) < 4.78 is 11.2. The van der Waals surface area contributed by atoms with Crippen molar-refractivity contribution in [2.45, 2.75) is 39.0 Å². The number of hydrogen-bond acceptors (Lipinski definition) is 4. The van der Waals surface area contributed by atoms with Gasteiger partial charge in [-0.1, -0.05) is 12.1 Å². The third-order valence-electron chi connectivity index (χ3n) is 3.72. The summed E-state index contributed by atoms with van der Waals surface area (Å²) in [7, 11) is 0. The van der Waals surface area contributed by atoms with Gasteiger partial charge in [0.15, 0.2) is 0 Å². The summed E-state index contributed by atoms with van der Waals surface area (Å²) in [6.07, 6.45) is -0.792. The van der Waals surface area contributed by atoms with Crippen LogP contribution in [0.4, 0.5) is 0 Å². The third-order valence-corrected chi connectivity index (χ3v) is 3.72. The Bertz CT molecular complexity index is 422. The fourth-order valence-electron chi connectivity index (χ4n) is 2.53. The predicted molar refractivity (Wildman–Crippen MR) is 79.0 cm³/mol. The molecule has 0 saturated carbocycles. The molecular weight excluding hydrogens is 254 g/mol. The topological polar surface area (TPSA) is 41.9 Å². The lowest BCUT2D eigenvalue weighted by Gasteiger charge is -2.37. The van der Waals surface area contributed by atoms with Crippen LogP contribution in [0.3, 0.4) is 0 Å². The van der Waals surface area contributed by atoms with Crippen LogP contribution in [0.25, 0.3) is 0 Å². The van der Waals surface area contributed by atoms with Gasteiger partial charge in [0.05, 0.1) is 13.2 Å². The van der Waals surface area contributed by atoms with E-state index >= 15 is 0 Å². The van der Waals surface area contributed by atoms with E-state index in [0.717, 1.165) is 24.4 Å². The molecule has 1 N–H and O–H groups in total. The molecule has 112 valence electrons. The molecule has 20 heavy (non-hydrogen) atoms. The van der Waals surface area contributed by atoms with Crippen LogP contribution in [0, 0.1) is 0 Å². The van der Waals surface area contributed by atoms with E-state index in [1.54, 1.807) is 0 Å². The van der Waals surface area contributed by atoms with Gasteiger partial charge in [-0.2, -0.15) is 0 Å². The molecule has 1 aliphatic rings. The van der Waals surface area contributed by atoms with E-state index in [0.29, 0.717) is 19.3 Å². The van der Waals surface area contributed by atoms with Crippen molar-refractivity contribution in [2.24, 2.45) is 0 Å². The summed E-state index contributed by atoms with van der Waals surface area (Å²) in [6, 6.07) is 8.11. The number of aliphatic hydroxyl groups excluding tert-OH is 1. The van der Waals surface area contributed by atoms with Gasteiger partial charge in [-0.05, 0) is 38.5 Å². The van der Waals surface area contributed by atoms with Crippen LogP contribution in [0.5, 0.6) is 5.75 Å². The minimum absolute atomic E-state index is 0.178. The van der Waals surface area contributed by atoms with Gasteiger partial charge in [-0.25, -0.2) is 0 Å². The molecule has 0 aliphatic carbocycles. The monoisotopic (exact) mass is 279 g/mol. The molecule has 2 unspecified atom stereocenters. The number of hydrogen-bond donors (Lipinski definition) is 1. The first-order valence-electron chi connectivity index (χ1n) is 7.38. The van der Waals surface area contributed by atoms with Gasteiger partial charge in [-0.3, -0.25) is 4.90 Å². The molecule has 2 rings (SSSR count). The maximum Gasteiger partial charge on any atom is 0.119 e. The minimum atomic E-state index is -0.614. The second-order valence-electron chi connectivity index (χ2n) is 5.45. The molecule has 1 aliphatic heterocycles. The van der Waals surface area contributed by atoms with Crippen LogP contribution >= 0.6 is 0 Å². The Hall–Kier alpha value is -1.10. The highest BCUT2D eigenvalue weighted by atomic mass is 16.5. The van der Waals surface area contributed by atoms with Crippen molar-refractivity contribution in [3.63, 3.8) is 0 Å². The van der Waals surface area contributed by atoms with Gasteiger partial charge in [0.25, 0.3) is 0 Å². The van der Waals surface area contributed by atoms with E-state index in [9.17, 15) is 5.11 Å². The Morgan fingerprint density at radius 2 is 2.25 bits per heavy atom. The lowest BCUT2D eigenvalue weighted by Crippen LogP contribution is -2.47. The van der Waals surface area contributed by atoms with E-state index < -0.39 is 6.10 Å². The molecule has 1 aromatic rings. The summed E-state index contributed by atoms with van der Waals surface area (Å²) >= 11 is 0. The zero-order chi connectivity index (χ0) is 14.5. The average molecular weight is 279 g/mol. The van der Waals surface area contributed by atoms with Crippen molar-refractivity contribution in [1.29, 1.82) is 0 Å². The van der Waals surface area contributed by atoms with Gasteiger partial charge >= 0.3 is 0 Å². The summed E-state index contributed by atoms with van der Waals surface area (Å²) in [5.41, 5.74) is 0.853. The first-order chi connectivity index (χ1) is 9.61. The summed E-state index contributed by atoms with van der Waals surface area (Å²) in [6.45, 7) is 9.28. The zero-order valence-electron chi connectivity index (χ0n) is 12.6. The number of nitrogens with zero attached hydrogens (tertiary/aromatic N) is 1. The van der Waals surface area contributed by atoms with Crippen LogP contribution < -0.4 is 4.74 Å². The van der Waals surface area contributed by atoms with Crippen LogP contribution in [0.2, 0.25) is 0 Å². The highest BCUT2D eigenvalue weighted by Crippen LogP contribution is 2.25. The summed E-state index contributed by atoms with van der Waals surface area (Å²) in [5.74, 6) is 0.792. The lowest BCUT2D eigenvalue weighted by atomic mass is 10.0. The highest BCUT2D eigenvalue weighted by Gasteiger charge is 2.29. The summed E-state index contributed by atoms with van der Waals surface area (Å²) in [5, 5.41) is 10.5. The molecule has 0 radical (unpaired) electrons. The van der Waals surface area contributed by atoms with E-state index in [1.165, 1.54) is 0 Å². The molecule has 4 heteroatoms.